The first-order chi connectivity index (χ1) is 10.4. The molecule has 7 nitrogen and oxygen atoms in total. The third-order valence-corrected chi connectivity index (χ3v) is 4.55. The number of amides is 2. The number of ether oxygens (including phenoxy) is 1. The second-order valence-corrected chi connectivity index (χ2v) is 5.97. The van der Waals surface area contributed by atoms with E-state index in [0.717, 1.165) is 16.7 Å². The first kappa shape index (κ1) is 16.3. The molecule has 0 spiro atoms. The number of carboxylic acids is 1. The van der Waals surface area contributed by atoms with Crippen LogP contribution < -0.4 is 15.4 Å². The van der Waals surface area contributed by atoms with E-state index in [0.29, 0.717) is 11.4 Å². The molecule has 1 fully saturated rings. The van der Waals surface area contributed by atoms with Gasteiger partial charge in [-0.2, -0.15) is 0 Å². The molecular formula is C14H16N2O5S. The third kappa shape index (κ3) is 3.40. The molecule has 1 aromatic carbocycles. The van der Waals surface area contributed by atoms with E-state index < -0.39 is 17.3 Å². The van der Waals surface area contributed by atoms with Crippen LogP contribution in [-0.2, 0) is 14.4 Å². The number of thioether (sulfide) groups is 1. The maximum absolute atomic E-state index is 12.3. The zero-order chi connectivity index (χ0) is 16.3. The van der Waals surface area contributed by atoms with Gasteiger partial charge in [-0.25, -0.2) is 4.90 Å². The lowest BCUT2D eigenvalue weighted by atomic mass is 10.3. The van der Waals surface area contributed by atoms with Crippen LogP contribution in [-0.4, -0.2) is 47.0 Å². The van der Waals surface area contributed by atoms with Crippen molar-refractivity contribution in [2.45, 2.75) is 17.7 Å². The van der Waals surface area contributed by atoms with Crippen LogP contribution in [0.4, 0.5) is 5.69 Å². The molecule has 22 heavy (non-hydrogen) atoms. The average molecular weight is 324 g/mol. The van der Waals surface area contributed by atoms with Gasteiger partial charge in [-0.15, -0.1) is 11.8 Å². The maximum Gasteiger partial charge on any atom is 0.321 e. The number of rotatable bonds is 6. The summed E-state index contributed by atoms with van der Waals surface area (Å²) < 4.78 is 5.03. The second-order valence-electron chi connectivity index (χ2n) is 4.74. The van der Waals surface area contributed by atoms with Crippen molar-refractivity contribution in [3.63, 3.8) is 0 Å². The number of nitrogens with zero attached hydrogens (tertiary/aromatic N) is 1. The summed E-state index contributed by atoms with van der Waals surface area (Å²) in [5, 5.41) is 8.14. The van der Waals surface area contributed by atoms with Crippen molar-refractivity contribution < 1.29 is 24.2 Å². The molecule has 0 aromatic heterocycles. The Balaban J connectivity index is 2.06. The summed E-state index contributed by atoms with van der Waals surface area (Å²) in [6.07, 6.45) is 0.0435. The number of imide groups is 1. The number of hydrogen-bond donors (Lipinski definition) is 2. The molecule has 8 heteroatoms. The van der Waals surface area contributed by atoms with Gasteiger partial charge >= 0.3 is 5.97 Å². The van der Waals surface area contributed by atoms with E-state index in [1.165, 1.54) is 7.11 Å². The van der Waals surface area contributed by atoms with Gasteiger partial charge in [-0.3, -0.25) is 14.4 Å². The van der Waals surface area contributed by atoms with Crippen LogP contribution in [0.3, 0.4) is 0 Å². The topological polar surface area (TPSA) is 110 Å². The Morgan fingerprint density at radius 3 is 2.64 bits per heavy atom. The zero-order valence-electron chi connectivity index (χ0n) is 11.9. The van der Waals surface area contributed by atoms with Gasteiger partial charge in [0.2, 0.25) is 11.8 Å². The first-order valence-corrected chi connectivity index (χ1v) is 7.59. The van der Waals surface area contributed by atoms with Gasteiger partial charge in [-0.1, -0.05) is 0 Å². The highest BCUT2D eigenvalue weighted by molar-refractivity contribution is 8.00. The number of benzene rings is 1. The Hall–Kier alpha value is -2.06. The minimum absolute atomic E-state index is 0.0435. The van der Waals surface area contributed by atoms with E-state index in [9.17, 15) is 14.4 Å². The summed E-state index contributed by atoms with van der Waals surface area (Å²) in [5.41, 5.74) is 5.88. The van der Waals surface area contributed by atoms with Gasteiger partial charge in [-0.05, 0) is 24.3 Å². The lowest BCUT2D eigenvalue weighted by Crippen LogP contribution is -2.35. The van der Waals surface area contributed by atoms with E-state index in [4.69, 9.17) is 15.6 Å². The van der Waals surface area contributed by atoms with E-state index in [-0.39, 0.29) is 24.0 Å². The SMILES string of the molecule is COc1ccc(N2C(=O)C[C@H](SC[C@@H](N)C(=O)O)C2=O)cc1. The highest BCUT2D eigenvalue weighted by atomic mass is 32.2. The van der Waals surface area contributed by atoms with Crippen molar-refractivity contribution in [3.8, 4) is 5.75 Å². The van der Waals surface area contributed by atoms with Crippen LogP contribution in [0.25, 0.3) is 0 Å². The van der Waals surface area contributed by atoms with E-state index >= 15 is 0 Å². The highest BCUT2D eigenvalue weighted by Crippen LogP contribution is 2.30. The Bertz CT molecular complexity index is 589. The van der Waals surface area contributed by atoms with E-state index in [2.05, 4.69) is 0 Å². The standard InChI is InChI=1S/C14H16N2O5S/c1-21-9-4-2-8(3-5-9)16-12(17)6-11(13(16)18)22-7-10(15)14(19)20/h2-5,10-11H,6-7,15H2,1H3,(H,19,20)/t10-,11+/m1/s1. The monoisotopic (exact) mass is 324 g/mol. The third-order valence-electron chi connectivity index (χ3n) is 3.23. The molecule has 1 heterocycles. The molecule has 2 rings (SSSR count). The first-order valence-electron chi connectivity index (χ1n) is 6.55. The second kappa shape index (κ2) is 6.80. The lowest BCUT2D eigenvalue weighted by Gasteiger charge is -2.15. The summed E-state index contributed by atoms with van der Waals surface area (Å²) >= 11 is 1.10. The van der Waals surface area contributed by atoms with Gasteiger partial charge < -0.3 is 15.6 Å². The smallest absolute Gasteiger partial charge is 0.321 e. The number of hydrogen-bond acceptors (Lipinski definition) is 6. The van der Waals surface area contributed by atoms with Crippen LogP contribution in [0.5, 0.6) is 5.75 Å². The van der Waals surface area contributed by atoms with Crippen molar-refractivity contribution in [1.82, 2.24) is 0 Å². The van der Waals surface area contributed by atoms with Crippen LogP contribution in [0.1, 0.15) is 6.42 Å². The van der Waals surface area contributed by atoms with Crippen LogP contribution >= 0.6 is 11.8 Å². The predicted molar refractivity (Wildman–Crippen MR) is 82.0 cm³/mol. The normalized spacial score (nSPS) is 19.4. The average Bonchev–Trinajstić information content (AvgIpc) is 2.79. The Kier molecular flexibility index (Phi) is 5.04. The number of carbonyl (C=O) groups is 3. The molecular weight excluding hydrogens is 308 g/mol. The number of methoxy groups -OCH3 is 1. The summed E-state index contributed by atoms with van der Waals surface area (Å²) in [4.78, 5) is 36.2. The largest absolute Gasteiger partial charge is 0.497 e. The molecule has 3 N–H and O–H groups in total. The molecule has 1 aromatic rings. The molecule has 1 aliphatic heterocycles. The quantitative estimate of drug-likeness (QED) is 0.732. The predicted octanol–water partition coefficient (Wildman–Crippen LogP) is 0.472. The van der Waals surface area contributed by atoms with Crippen molar-refractivity contribution >= 4 is 35.2 Å². The van der Waals surface area contributed by atoms with E-state index in [1.54, 1.807) is 24.3 Å². The molecule has 0 radical (unpaired) electrons. The molecule has 118 valence electrons. The number of anilines is 1. The fraction of sp³-hybridized carbons (Fsp3) is 0.357. The fourth-order valence-electron chi connectivity index (χ4n) is 2.03. The molecule has 1 saturated heterocycles. The van der Waals surface area contributed by atoms with Crippen molar-refractivity contribution in [2.24, 2.45) is 5.73 Å². The summed E-state index contributed by atoms with van der Waals surface area (Å²) in [5.74, 6) is -1.08. The molecule has 2 atom stereocenters. The Labute approximate surface area is 131 Å². The molecule has 2 amide bonds. The summed E-state index contributed by atoms with van der Waals surface area (Å²) in [6.45, 7) is 0. The minimum atomic E-state index is -1.13. The number of aliphatic carboxylic acids is 1. The van der Waals surface area contributed by atoms with Crippen molar-refractivity contribution in [3.05, 3.63) is 24.3 Å². The van der Waals surface area contributed by atoms with Gasteiger partial charge in [0.25, 0.3) is 0 Å². The zero-order valence-corrected chi connectivity index (χ0v) is 12.7. The number of carboxylic acid groups (broad SMARTS) is 1. The maximum atomic E-state index is 12.3. The molecule has 0 bridgehead atoms. The Morgan fingerprint density at radius 2 is 2.09 bits per heavy atom. The fourth-order valence-corrected chi connectivity index (χ4v) is 3.12. The van der Waals surface area contributed by atoms with Gasteiger partial charge in [0.15, 0.2) is 0 Å². The minimum Gasteiger partial charge on any atom is -0.497 e. The van der Waals surface area contributed by atoms with Gasteiger partial charge in [0, 0.05) is 12.2 Å². The Morgan fingerprint density at radius 1 is 1.45 bits per heavy atom. The van der Waals surface area contributed by atoms with Crippen LogP contribution in [0, 0.1) is 0 Å². The molecule has 0 unspecified atom stereocenters. The van der Waals surface area contributed by atoms with Crippen molar-refractivity contribution in [2.75, 3.05) is 17.8 Å². The van der Waals surface area contributed by atoms with Gasteiger partial charge in [0.1, 0.15) is 11.8 Å². The van der Waals surface area contributed by atoms with Gasteiger partial charge in [0.05, 0.1) is 18.0 Å². The summed E-state index contributed by atoms with van der Waals surface area (Å²) in [7, 11) is 1.53. The van der Waals surface area contributed by atoms with Crippen LogP contribution in [0.15, 0.2) is 24.3 Å². The van der Waals surface area contributed by atoms with E-state index in [1.807, 2.05) is 0 Å². The van der Waals surface area contributed by atoms with Crippen molar-refractivity contribution in [1.29, 1.82) is 0 Å². The lowest BCUT2D eigenvalue weighted by molar-refractivity contribution is -0.138. The molecule has 0 aliphatic carbocycles. The number of nitrogens with two attached hydrogens (primary N) is 1. The summed E-state index contributed by atoms with van der Waals surface area (Å²) in [6, 6.07) is 5.53. The number of carbonyl (C=O) groups excluding carboxylic acids is 2. The molecule has 1 aliphatic rings. The highest BCUT2D eigenvalue weighted by Gasteiger charge is 2.40. The molecule has 0 saturated carbocycles. The van der Waals surface area contributed by atoms with Crippen LogP contribution in [0.2, 0.25) is 0 Å².